The first kappa shape index (κ1) is 25.1. The van der Waals surface area contributed by atoms with Crippen molar-refractivity contribution < 1.29 is 14.1 Å². The van der Waals surface area contributed by atoms with Crippen LogP contribution >= 0.6 is 0 Å². The molecule has 1 unspecified atom stereocenters. The normalized spacial score (nSPS) is 18.7. The van der Waals surface area contributed by atoms with E-state index < -0.39 is 0 Å². The maximum atomic E-state index is 13.2. The van der Waals surface area contributed by atoms with Crippen LogP contribution in [0.1, 0.15) is 37.3 Å². The highest BCUT2D eigenvalue weighted by Crippen LogP contribution is 2.24. The lowest BCUT2D eigenvalue weighted by atomic mass is 10.1. The Bertz CT molecular complexity index is 1220. The summed E-state index contributed by atoms with van der Waals surface area (Å²) in [5, 5.41) is 4.16. The molecule has 1 atom stereocenters. The van der Waals surface area contributed by atoms with Crippen LogP contribution in [0.2, 0.25) is 0 Å². The Kier molecular flexibility index (Phi) is 7.65. The van der Waals surface area contributed by atoms with E-state index >= 15 is 0 Å². The molecule has 37 heavy (non-hydrogen) atoms. The predicted molar refractivity (Wildman–Crippen MR) is 140 cm³/mol. The lowest BCUT2D eigenvalue weighted by Crippen LogP contribution is -2.50. The Balaban J connectivity index is 1.12. The Hall–Kier alpha value is -3.52. The molecule has 3 heterocycles. The molecular formula is C29H35N5O3. The smallest absolute Gasteiger partial charge is 0.228 e. The second-order valence-electron chi connectivity index (χ2n) is 10.6. The molecule has 3 aromatic rings. The topological polar surface area (TPSA) is 82.8 Å². The summed E-state index contributed by atoms with van der Waals surface area (Å²) in [6, 6.07) is 18.2. The Morgan fingerprint density at radius 2 is 1.76 bits per heavy atom. The van der Waals surface area contributed by atoms with Gasteiger partial charge in [0.15, 0.2) is 0 Å². The van der Waals surface area contributed by atoms with E-state index in [0.717, 1.165) is 37.2 Å². The molecule has 0 bridgehead atoms. The van der Waals surface area contributed by atoms with Gasteiger partial charge in [-0.25, -0.2) is 0 Å². The van der Waals surface area contributed by atoms with Gasteiger partial charge in [-0.15, -0.1) is 0 Å². The third kappa shape index (κ3) is 6.25. The minimum Gasteiger partial charge on any atom is -0.340 e. The third-order valence-corrected chi connectivity index (χ3v) is 7.11. The van der Waals surface area contributed by atoms with Crippen LogP contribution in [0.15, 0.2) is 59.1 Å². The predicted octanol–water partition coefficient (Wildman–Crippen LogP) is 3.63. The van der Waals surface area contributed by atoms with Gasteiger partial charge >= 0.3 is 0 Å². The van der Waals surface area contributed by atoms with Gasteiger partial charge in [0.25, 0.3) is 0 Å². The van der Waals surface area contributed by atoms with Gasteiger partial charge in [0, 0.05) is 64.2 Å². The van der Waals surface area contributed by atoms with Crippen LogP contribution in [0.25, 0.3) is 11.4 Å². The highest BCUT2D eigenvalue weighted by Gasteiger charge is 2.37. The number of carbonyl (C=O) groups excluding carboxylic acids is 2. The molecule has 0 N–H and O–H groups in total. The molecule has 0 spiro atoms. The van der Waals surface area contributed by atoms with Gasteiger partial charge in [0.05, 0.1) is 5.92 Å². The summed E-state index contributed by atoms with van der Waals surface area (Å²) < 4.78 is 5.41. The first-order valence-electron chi connectivity index (χ1n) is 13.2. The number of likely N-dealkylation sites (tertiary alicyclic amines) is 1. The average molecular weight is 502 g/mol. The molecule has 2 aliphatic rings. The zero-order valence-corrected chi connectivity index (χ0v) is 21.7. The zero-order valence-electron chi connectivity index (χ0n) is 21.7. The largest absolute Gasteiger partial charge is 0.340 e. The fraction of sp³-hybridized carbons (Fsp3) is 0.448. The van der Waals surface area contributed by atoms with Crippen molar-refractivity contribution in [2.75, 3.05) is 32.7 Å². The molecule has 1 aromatic heterocycles. The van der Waals surface area contributed by atoms with Gasteiger partial charge < -0.3 is 14.3 Å². The molecule has 2 aromatic carbocycles. The maximum Gasteiger partial charge on any atom is 0.228 e. The van der Waals surface area contributed by atoms with Crippen molar-refractivity contribution in [3.63, 3.8) is 0 Å². The van der Waals surface area contributed by atoms with Gasteiger partial charge in [-0.3, -0.25) is 14.5 Å². The van der Waals surface area contributed by atoms with Crippen molar-refractivity contribution in [2.45, 2.75) is 39.8 Å². The van der Waals surface area contributed by atoms with Crippen LogP contribution in [0, 0.1) is 11.8 Å². The summed E-state index contributed by atoms with van der Waals surface area (Å²) >= 11 is 0. The molecule has 8 heteroatoms. The van der Waals surface area contributed by atoms with Gasteiger partial charge in [-0.2, -0.15) is 4.98 Å². The van der Waals surface area contributed by atoms with E-state index in [1.165, 1.54) is 5.56 Å². The number of hydrogen-bond donors (Lipinski definition) is 0. The van der Waals surface area contributed by atoms with E-state index in [1.807, 2.05) is 52.3 Å². The summed E-state index contributed by atoms with van der Waals surface area (Å²) in [6.07, 6.45) is 1.09. The fourth-order valence-corrected chi connectivity index (χ4v) is 5.15. The van der Waals surface area contributed by atoms with Crippen LogP contribution in [0.5, 0.6) is 0 Å². The highest BCUT2D eigenvalue weighted by molar-refractivity contribution is 5.89. The van der Waals surface area contributed by atoms with E-state index in [9.17, 15) is 9.59 Å². The van der Waals surface area contributed by atoms with Crippen molar-refractivity contribution in [1.82, 2.24) is 24.8 Å². The summed E-state index contributed by atoms with van der Waals surface area (Å²) in [5.74, 6) is 1.70. The fourth-order valence-electron chi connectivity index (χ4n) is 5.15. The molecule has 0 radical (unpaired) electrons. The molecule has 2 amide bonds. The summed E-state index contributed by atoms with van der Waals surface area (Å²) in [7, 11) is 0. The first-order valence-corrected chi connectivity index (χ1v) is 13.2. The molecule has 0 saturated carbocycles. The Morgan fingerprint density at radius 1 is 1.00 bits per heavy atom. The molecule has 2 fully saturated rings. The Morgan fingerprint density at radius 3 is 2.51 bits per heavy atom. The van der Waals surface area contributed by atoms with Crippen molar-refractivity contribution in [3.8, 4) is 11.4 Å². The number of nitrogens with zero attached hydrogens (tertiary/aromatic N) is 5. The van der Waals surface area contributed by atoms with Crippen LogP contribution in [-0.2, 0) is 29.1 Å². The molecule has 8 nitrogen and oxygen atoms in total. The van der Waals surface area contributed by atoms with E-state index in [1.54, 1.807) is 0 Å². The van der Waals surface area contributed by atoms with Crippen molar-refractivity contribution in [3.05, 3.63) is 71.6 Å². The van der Waals surface area contributed by atoms with Crippen molar-refractivity contribution in [1.29, 1.82) is 0 Å². The molecule has 194 valence electrons. The second kappa shape index (κ2) is 11.3. The summed E-state index contributed by atoms with van der Waals surface area (Å²) in [6.45, 7) is 9.14. The first-order chi connectivity index (χ1) is 17.9. The number of rotatable bonds is 8. The molecular weight excluding hydrogens is 466 g/mol. The van der Waals surface area contributed by atoms with Crippen LogP contribution in [0.4, 0.5) is 0 Å². The second-order valence-corrected chi connectivity index (χ2v) is 10.6. The number of amides is 2. The number of benzene rings is 2. The molecule has 0 aliphatic carbocycles. The Labute approximate surface area is 218 Å². The number of carbonyl (C=O) groups is 2. The van der Waals surface area contributed by atoms with Crippen molar-refractivity contribution in [2.24, 2.45) is 11.8 Å². The minimum atomic E-state index is -0.241. The van der Waals surface area contributed by atoms with Crippen LogP contribution < -0.4 is 0 Å². The molecule has 2 aliphatic heterocycles. The van der Waals surface area contributed by atoms with Crippen LogP contribution in [0.3, 0.4) is 0 Å². The molecule has 2 saturated heterocycles. The highest BCUT2D eigenvalue weighted by atomic mass is 16.5. The van der Waals surface area contributed by atoms with Gasteiger partial charge in [0.2, 0.25) is 23.5 Å². The minimum absolute atomic E-state index is 0.0682. The standard InChI is InChI=1S/C29H35N5O3/c1-21(2)15-26-30-28(31-37-26)24-10-6-9-23(16-24)18-32-11-13-33(14-12-32)29(36)25-17-27(35)34(20-25)19-22-7-4-3-5-8-22/h3-10,16,21,25H,11-15,17-20H2,1-2H3. The number of hydrogen-bond acceptors (Lipinski definition) is 6. The van der Waals surface area contributed by atoms with E-state index in [4.69, 9.17) is 4.52 Å². The number of piperazine rings is 1. The van der Waals surface area contributed by atoms with E-state index in [-0.39, 0.29) is 17.7 Å². The zero-order chi connectivity index (χ0) is 25.8. The SMILES string of the molecule is CC(C)Cc1nc(-c2cccc(CN3CCN(C(=O)C4CC(=O)N(Cc5ccccc5)C4)CC3)c2)no1. The van der Waals surface area contributed by atoms with Crippen LogP contribution in [-0.4, -0.2) is 69.4 Å². The van der Waals surface area contributed by atoms with Gasteiger partial charge in [-0.05, 0) is 23.1 Å². The molecule has 5 rings (SSSR count). The van der Waals surface area contributed by atoms with E-state index in [0.29, 0.717) is 50.2 Å². The lowest BCUT2D eigenvalue weighted by Gasteiger charge is -2.36. The maximum absolute atomic E-state index is 13.2. The van der Waals surface area contributed by atoms with Crippen molar-refractivity contribution >= 4 is 11.8 Å². The summed E-state index contributed by atoms with van der Waals surface area (Å²) in [4.78, 5) is 36.4. The number of aromatic nitrogens is 2. The monoisotopic (exact) mass is 501 g/mol. The van der Waals surface area contributed by atoms with Gasteiger partial charge in [0.1, 0.15) is 0 Å². The van der Waals surface area contributed by atoms with Gasteiger partial charge in [-0.1, -0.05) is 67.5 Å². The lowest BCUT2D eigenvalue weighted by molar-refractivity contribution is -0.137. The average Bonchev–Trinajstić information content (AvgIpc) is 3.51. The quantitative estimate of drug-likeness (QED) is 0.469. The third-order valence-electron chi connectivity index (χ3n) is 7.11. The van der Waals surface area contributed by atoms with E-state index in [2.05, 4.69) is 41.0 Å². The summed E-state index contributed by atoms with van der Waals surface area (Å²) in [5.41, 5.74) is 3.23.